The lowest BCUT2D eigenvalue weighted by Gasteiger charge is -2.19. The van der Waals surface area contributed by atoms with Gasteiger partial charge >= 0.3 is 0 Å². The fraction of sp³-hybridized carbons (Fsp3) is 0.214. The molecule has 5 aromatic rings. The predicted octanol–water partition coefficient (Wildman–Crippen LogP) is 4.69. The van der Waals surface area contributed by atoms with E-state index < -0.39 is 0 Å². The Morgan fingerprint density at radius 1 is 1.00 bits per heavy atom. The van der Waals surface area contributed by atoms with E-state index in [9.17, 15) is 5.11 Å². The number of pyridine rings is 1. The maximum atomic E-state index is 9.24. The Kier molecular flexibility index (Phi) is 6.35. The molecule has 178 valence electrons. The van der Waals surface area contributed by atoms with Gasteiger partial charge < -0.3 is 15.8 Å². The Bertz CT molecular complexity index is 1430. The number of nitrogen functional groups attached to an aromatic ring is 1. The van der Waals surface area contributed by atoms with Crippen LogP contribution in [0, 0.1) is 0 Å². The van der Waals surface area contributed by atoms with Gasteiger partial charge in [-0.3, -0.25) is 9.58 Å². The van der Waals surface area contributed by atoms with E-state index >= 15 is 0 Å². The van der Waals surface area contributed by atoms with Crippen molar-refractivity contribution in [3.8, 4) is 33.6 Å². The summed E-state index contributed by atoms with van der Waals surface area (Å²) in [4.78, 5) is 10.3. The van der Waals surface area contributed by atoms with E-state index in [2.05, 4.69) is 52.1 Å². The number of aliphatic hydroxyl groups excluding tert-OH is 1. The van der Waals surface area contributed by atoms with Crippen LogP contribution in [0.3, 0.4) is 0 Å². The number of benzene rings is 2. The van der Waals surface area contributed by atoms with Crippen molar-refractivity contribution in [2.75, 3.05) is 25.4 Å². The highest BCUT2D eigenvalue weighted by Crippen LogP contribution is 2.36. The number of likely N-dealkylation sites (N-methyl/N-ethyl adjacent to an activating group) is 1. The van der Waals surface area contributed by atoms with Crippen molar-refractivity contribution in [2.24, 2.45) is 7.05 Å². The third-order valence-electron chi connectivity index (χ3n) is 6.37. The number of nitrogens with two attached hydrogens (primary N) is 1. The maximum absolute atomic E-state index is 9.24. The summed E-state index contributed by atoms with van der Waals surface area (Å²) in [6, 6.07) is 20.6. The van der Waals surface area contributed by atoms with E-state index in [1.807, 2.05) is 54.5 Å². The van der Waals surface area contributed by atoms with Crippen LogP contribution in [0.15, 0.2) is 73.1 Å². The standard InChI is InChI=1S/C28H30N6O/c1-3-34(14-15-35)17-19-4-6-20(7-5-19)26-16-24-23(12-13-30-28(24)31-26)25-18-33(2)32-27(25)21-8-10-22(29)11-9-21/h4-13,16,18,35H,3,14-15,17,29H2,1-2H3,(H,30,31). The van der Waals surface area contributed by atoms with E-state index in [4.69, 9.17) is 10.8 Å². The molecule has 0 aliphatic rings. The number of aliphatic hydroxyl groups is 1. The van der Waals surface area contributed by atoms with E-state index in [1.54, 1.807) is 0 Å². The molecule has 0 bridgehead atoms. The number of aromatic amines is 1. The summed E-state index contributed by atoms with van der Waals surface area (Å²) in [5.41, 5.74) is 14.9. The highest BCUT2D eigenvalue weighted by molar-refractivity contribution is 5.99. The molecule has 0 fully saturated rings. The maximum Gasteiger partial charge on any atom is 0.138 e. The fourth-order valence-electron chi connectivity index (χ4n) is 4.50. The molecular weight excluding hydrogens is 436 g/mol. The van der Waals surface area contributed by atoms with Crippen molar-refractivity contribution in [3.05, 3.63) is 78.6 Å². The van der Waals surface area contributed by atoms with E-state index in [-0.39, 0.29) is 6.61 Å². The number of hydrogen-bond acceptors (Lipinski definition) is 5. The minimum Gasteiger partial charge on any atom is -0.399 e. The smallest absolute Gasteiger partial charge is 0.138 e. The van der Waals surface area contributed by atoms with Gasteiger partial charge in [-0.25, -0.2) is 4.98 Å². The molecule has 0 saturated heterocycles. The summed E-state index contributed by atoms with van der Waals surface area (Å²) in [5.74, 6) is 0. The molecule has 7 nitrogen and oxygen atoms in total. The molecule has 35 heavy (non-hydrogen) atoms. The quantitative estimate of drug-likeness (QED) is 0.288. The second-order valence-electron chi connectivity index (χ2n) is 8.78. The Morgan fingerprint density at radius 3 is 2.46 bits per heavy atom. The van der Waals surface area contributed by atoms with Crippen molar-refractivity contribution >= 4 is 16.7 Å². The summed E-state index contributed by atoms with van der Waals surface area (Å²) in [6.45, 7) is 4.70. The van der Waals surface area contributed by atoms with E-state index in [0.29, 0.717) is 6.54 Å². The number of anilines is 1. The largest absolute Gasteiger partial charge is 0.399 e. The molecule has 0 aliphatic carbocycles. The van der Waals surface area contributed by atoms with Gasteiger partial charge in [-0.15, -0.1) is 0 Å². The number of aromatic nitrogens is 4. The lowest BCUT2D eigenvalue weighted by atomic mass is 10.00. The molecule has 0 unspecified atom stereocenters. The van der Waals surface area contributed by atoms with Gasteiger partial charge in [0.1, 0.15) is 11.3 Å². The average molecular weight is 467 g/mol. The Morgan fingerprint density at radius 2 is 1.74 bits per heavy atom. The van der Waals surface area contributed by atoms with Crippen LogP contribution in [-0.2, 0) is 13.6 Å². The third kappa shape index (κ3) is 4.69. The molecule has 3 heterocycles. The zero-order chi connectivity index (χ0) is 24.4. The predicted molar refractivity (Wildman–Crippen MR) is 142 cm³/mol. The molecule has 3 aromatic heterocycles. The van der Waals surface area contributed by atoms with Gasteiger partial charge in [0.25, 0.3) is 0 Å². The second kappa shape index (κ2) is 9.74. The summed E-state index contributed by atoms with van der Waals surface area (Å²) in [6.07, 6.45) is 3.88. The normalized spacial score (nSPS) is 11.5. The lowest BCUT2D eigenvalue weighted by molar-refractivity contribution is 0.197. The Balaban J connectivity index is 1.50. The molecule has 5 rings (SSSR count). The highest BCUT2D eigenvalue weighted by atomic mass is 16.3. The molecule has 0 saturated carbocycles. The first kappa shape index (κ1) is 22.8. The summed E-state index contributed by atoms with van der Waals surface area (Å²) in [5, 5.41) is 15.0. The van der Waals surface area contributed by atoms with Gasteiger partial charge in [0.2, 0.25) is 0 Å². The lowest BCUT2D eigenvalue weighted by Crippen LogP contribution is -2.25. The number of H-pyrrole nitrogens is 1. The molecule has 0 spiro atoms. The van der Waals surface area contributed by atoms with E-state index in [1.165, 1.54) is 5.56 Å². The van der Waals surface area contributed by atoms with Gasteiger partial charge in [-0.1, -0.05) is 43.3 Å². The number of nitrogens with one attached hydrogen (secondary N) is 1. The average Bonchev–Trinajstić information content (AvgIpc) is 3.48. The molecule has 2 aromatic carbocycles. The second-order valence-corrected chi connectivity index (χ2v) is 8.78. The first-order valence-corrected chi connectivity index (χ1v) is 11.9. The SMILES string of the molecule is CCN(CCO)Cc1ccc(-c2cc3c(-c4cn(C)nc4-c4ccc(N)cc4)ccnc3[nH]2)cc1. The number of fused-ring (bicyclic) bond motifs is 1. The van der Waals surface area contributed by atoms with Crippen LogP contribution in [0.25, 0.3) is 44.7 Å². The van der Waals surface area contributed by atoms with Crippen molar-refractivity contribution in [3.63, 3.8) is 0 Å². The summed E-state index contributed by atoms with van der Waals surface area (Å²) < 4.78 is 1.84. The van der Waals surface area contributed by atoms with Crippen LogP contribution < -0.4 is 5.73 Å². The first-order valence-electron chi connectivity index (χ1n) is 11.9. The Labute approximate surface area is 204 Å². The molecule has 0 aliphatic heterocycles. The topological polar surface area (TPSA) is 96.0 Å². The van der Waals surface area contributed by atoms with Crippen molar-refractivity contribution in [2.45, 2.75) is 13.5 Å². The summed E-state index contributed by atoms with van der Waals surface area (Å²) >= 11 is 0. The zero-order valence-electron chi connectivity index (χ0n) is 20.1. The molecule has 7 heteroatoms. The zero-order valence-corrected chi connectivity index (χ0v) is 20.1. The molecular formula is C28H30N6O. The van der Waals surface area contributed by atoms with Crippen LogP contribution >= 0.6 is 0 Å². The third-order valence-corrected chi connectivity index (χ3v) is 6.37. The van der Waals surface area contributed by atoms with Crippen LogP contribution in [0.2, 0.25) is 0 Å². The Hall–Kier alpha value is -3.94. The highest BCUT2D eigenvalue weighted by Gasteiger charge is 2.17. The van der Waals surface area contributed by atoms with Crippen LogP contribution in [0.1, 0.15) is 12.5 Å². The van der Waals surface area contributed by atoms with Gasteiger partial charge in [-0.05, 0) is 47.5 Å². The van der Waals surface area contributed by atoms with Gasteiger partial charge in [-0.2, -0.15) is 5.10 Å². The van der Waals surface area contributed by atoms with Gasteiger partial charge in [0.15, 0.2) is 0 Å². The van der Waals surface area contributed by atoms with E-state index in [0.717, 1.165) is 63.5 Å². The van der Waals surface area contributed by atoms with Gasteiger partial charge in [0.05, 0.1) is 6.61 Å². The minimum absolute atomic E-state index is 0.174. The van der Waals surface area contributed by atoms with Gasteiger partial charge in [0, 0.05) is 60.4 Å². The van der Waals surface area contributed by atoms with Crippen LogP contribution in [0.5, 0.6) is 0 Å². The minimum atomic E-state index is 0.174. The van der Waals surface area contributed by atoms with Crippen molar-refractivity contribution in [1.82, 2.24) is 24.6 Å². The van der Waals surface area contributed by atoms with Crippen LogP contribution in [-0.4, -0.2) is 49.5 Å². The first-order chi connectivity index (χ1) is 17.1. The molecule has 0 radical (unpaired) electrons. The molecule has 4 N–H and O–H groups in total. The van der Waals surface area contributed by atoms with Crippen molar-refractivity contribution in [1.29, 1.82) is 0 Å². The molecule has 0 amide bonds. The number of rotatable bonds is 8. The van der Waals surface area contributed by atoms with Crippen molar-refractivity contribution < 1.29 is 5.11 Å². The summed E-state index contributed by atoms with van der Waals surface area (Å²) in [7, 11) is 1.94. The monoisotopic (exact) mass is 466 g/mol. The number of nitrogens with zero attached hydrogens (tertiary/aromatic N) is 4. The number of hydrogen-bond donors (Lipinski definition) is 3. The number of aryl methyl sites for hydroxylation is 1. The fourth-order valence-corrected chi connectivity index (χ4v) is 4.50. The molecule has 0 atom stereocenters. The van der Waals surface area contributed by atoms with Crippen LogP contribution in [0.4, 0.5) is 5.69 Å².